The first-order valence-corrected chi connectivity index (χ1v) is 10.2. The van der Waals surface area contributed by atoms with E-state index in [1.165, 1.54) is 10.9 Å². The molecule has 0 saturated carbocycles. The number of ether oxygens (including phenoxy) is 1. The molecule has 5 heteroatoms. The van der Waals surface area contributed by atoms with E-state index in [0.717, 1.165) is 44.4 Å². The number of rotatable bonds is 5. The van der Waals surface area contributed by atoms with Gasteiger partial charge in [0.25, 0.3) is 0 Å². The van der Waals surface area contributed by atoms with Crippen LogP contribution in [0.1, 0.15) is 24.8 Å². The summed E-state index contributed by atoms with van der Waals surface area (Å²) in [5.74, 6) is 0.309. The van der Waals surface area contributed by atoms with Gasteiger partial charge >= 0.3 is 0 Å². The second-order valence-corrected chi connectivity index (χ2v) is 7.96. The molecule has 0 atom stereocenters. The number of allylic oxidation sites excluding steroid dienone is 1. The fraction of sp³-hybridized carbons (Fsp3) is 0.478. The number of carbonyl (C=O) groups excluding carboxylic acids is 1. The number of para-hydroxylation sites is 1. The average Bonchev–Trinajstić information content (AvgIpc) is 2.88. The molecule has 0 N–H and O–H groups in total. The second-order valence-electron chi connectivity index (χ2n) is 7.96. The highest BCUT2D eigenvalue weighted by atomic mass is 16.5. The van der Waals surface area contributed by atoms with Crippen molar-refractivity contribution >= 4 is 16.8 Å². The molecule has 1 fully saturated rings. The lowest BCUT2D eigenvalue weighted by Gasteiger charge is -2.42. The zero-order valence-corrected chi connectivity index (χ0v) is 16.6. The third-order valence-electron chi connectivity index (χ3n) is 6.25. The highest BCUT2D eigenvalue weighted by Gasteiger charge is 2.43. The van der Waals surface area contributed by atoms with Crippen molar-refractivity contribution in [2.75, 3.05) is 39.9 Å². The van der Waals surface area contributed by atoms with Crippen molar-refractivity contribution in [3.8, 4) is 0 Å². The zero-order valence-electron chi connectivity index (χ0n) is 16.6. The summed E-state index contributed by atoms with van der Waals surface area (Å²) in [6.07, 6.45) is 8.94. The molecule has 148 valence electrons. The fourth-order valence-electron chi connectivity index (χ4n) is 4.50. The number of fused-ring (bicyclic) bond motifs is 1. The first-order valence-electron chi connectivity index (χ1n) is 10.2. The standard InChI is InChI=1S/C23H29N3O2/c1-28-17-16-26-13-5-4-9-23(22(26)27)10-14-25(15-11-23)18-19-8-12-24-21-7-3-2-6-20(19)21/h2-8,12H,9-11,13-18H2,1H3. The van der Waals surface area contributed by atoms with E-state index >= 15 is 0 Å². The second kappa shape index (κ2) is 8.41. The summed E-state index contributed by atoms with van der Waals surface area (Å²) in [7, 11) is 1.69. The van der Waals surface area contributed by atoms with E-state index in [4.69, 9.17) is 4.74 Å². The first-order chi connectivity index (χ1) is 13.7. The lowest BCUT2D eigenvalue weighted by molar-refractivity contribution is -0.144. The quantitative estimate of drug-likeness (QED) is 0.748. The Morgan fingerprint density at radius 2 is 1.96 bits per heavy atom. The summed E-state index contributed by atoms with van der Waals surface area (Å²) in [5.41, 5.74) is 2.12. The van der Waals surface area contributed by atoms with Crippen molar-refractivity contribution in [3.63, 3.8) is 0 Å². The van der Waals surface area contributed by atoms with Crippen LogP contribution in [0.15, 0.2) is 48.7 Å². The van der Waals surface area contributed by atoms with Crippen LogP contribution in [0, 0.1) is 5.41 Å². The van der Waals surface area contributed by atoms with Gasteiger partial charge in [-0.1, -0.05) is 30.4 Å². The van der Waals surface area contributed by atoms with Gasteiger partial charge in [-0.25, -0.2) is 0 Å². The molecule has 0 unspecified atom stereocenters. The molecule has 2 aliphatic heterocycles. The molecule has 1 aromatic carbocycles. The Kier molecular flexibility index (Phi) is 5.74. The van der Waals surface area contributed by atoms with E-state index in [-0.39, 0.29) is 5.41 Å². The van der Waals surface area contributed by atoms with Gasteiger partial charge in [-0.3, -0.25) is 14.7 Å². The Hall–Kier alpha value is -2.24. The number of benzene rings is 1. The van der Waals surface area contributed by atoms with Gasteiger partial charge in [-0.2, -0.15) is 0 Å². The van der Waals surface area contributed by atoms with Gasteiger partial charge in [0.1, 0.15) is 0 Å². The van der Waals surface area contributed by atoms with E-state index in [0.29, 0.717) is 25.6 Å². The Morgan fingerprint density at radius 1 is 1.14 bits per heavy atom. The van der Waals surface area contributed by atoms with Crippen LogP contribution in [0.25, 0.3) is 10.9 Å². The smallest absolute Gasteiger partial charge is 0.229 e. The largest absolute Gasteiger partial charge is 0.383 e. The van der Waals surface area contributed by atoms with Crippen molar-refractivity contribution in [2.24, 2.45) is 5.41 Å². The van der Waals surface area contributed by atoms with Crippen LogP contribution < -0.4 is 0 Å². The number of amides is 1. The van der Waals surface area contributed by atoms with Crippen LogP contribution in [0.5, 0.6) is 0 Å². The first kappa shape index (κ1) is 19.1. The van der Waals surface area contributed by atoms with E-state index in [9.17, 15) is 4.79 Å². The summed E-state index contributed by atoms with van der Waals surface area (Å²) in [6, 6.07) is 10.4. The Balaban J connectivity index is 1.45. The van der Waals surface area contributed by atoms with Crippen molar-refractivity contribution in [2.45, 2.75) is 25.8 Å². The molecular formula is C23H29N3O2. The predicted molar refractivity (Wildman–Crippen MR) is 111 cm³/mol. The van der Waals surface area contributed by atoms with Gasteiger partial charge in [-0.05, 0) is 50.0 Å². The highest BCUT2D eigenvalue weighted by molar-refractivity contribution is 5.84. The molecule has 0 radical (unpaired) electrons. The molecule has 3 heterocycles. The molecule has 4 rings (SSSR count). The third-order valence-corrected chi connectivity index (χ3v) is 6.25. The summed E-state index contributed by atoms with van der Waals surface area (Å²) in [4.78, 5) is 22.2. The normalized spacial score (nSPS) is 20.0. The lowest BCUT2D eigenvalue weighted by Crippen LogP contribution is -2.50. The predicted octanol–water partition coefficient (Wildman–Crippen LogP) is 3.25. The average molecular weight is 380 g/mol. The van der Waals surface area contributed by atoms with Crippen molar-refractivity contribution in [3.05, 3.63) is 54.2 Å². The van der Waals surface area contributed by atoms with Gasteiger partial charge in [0.05, 0.1) is 17.5 Å². The van der Waals surface area contributed by atoms with Crippen LogP contribution in [-0.4, -0.2) is 60.6 Å². The Morgan fingerprint density at radius 3 is 2.79 bits per heavy atom. The minimum atomic E-state index is -0.239. The zero-order chi connectivity index (χ0) is 19.4. The van der Waals surface area contributed by atoms with Gasteiger partial charge in [0, 0.05) is 38.3 Å². The molecule has 2 aliphatic rings. The number of nitrogens with zero attached hydrogens (tertiary/aromatic N) is 3. The van der Waals surface area contributed by atoms with Gasteiger partial charge in [-0.15, -0.1) is 0 Å². The molecule has 1 aromatic heterocycles. The Labute approximate surface area is 167 Å². The minimum Gasteiger partial charge on any atom is -0.383 e. The van der Waals surface area contributed by atoms with Crippen molar-refractivity contribution in [1.29, 1.82) is 0 Å². The summed E-state index contributed by atoms with van der Waals surface area (Å²) >= 11 is 0. The number of pyridine rings is 1. The van der Waals surface area contributed by atoms with Gasteiger partial charge < -0.3 is 9.64 Å². The van der Waals surface area contributed by atoms with E-state index in [1.54, 1.807) is 7.11 Å². The molecule has 0 bridgehead atoms. The van der Waals surface area contributed by atoms with Crippen molar-refractivity contribution < 1.29 is 9.53 Å². The summed E-state index contributed by atoms with van der Waals surface area (Å²) in [5, 5.41) is 1.23. The van der Waals surface area contributed by atoms with Gasteiger partial charge in [0.15, 0.2) is 0 Å². The minimum absolute atomic E-state index is 0.239. The number of hydrogen-bond acceptors (Lipinski definition) is 4. The number of aromatic nitrogens is 1. The molecule has 1 saturated heterocycles. The molecule has 28 heavy (non-hydrogen) atoms. The number of carbonyl (C=O) groups is 1. The lowest BCUT2D eigenvalue weighted by atomic mass is 9.74. The fourth-order valence-corrected chi connectivity index (χ4v) is 4.50. The number of piperidine rings is 1. The number of likely N-dealkylation sites (tertiary alicyclic amines) is 1. The maximum Gasteiger partial charge on any atom is 0.229 e. The maximum absolute atomic E-state index is 13.3. The SMILES string of the molecule is COCCN1CC=CCC2(CCN(Cc3ccnc4ccccc34)CC2)C1=O. The van der Waals surface area contributed by atoms with E-state index in [1.807, 2.05) is 17.2 Å². The van der Waals surface area contributed by atoms with E-state index in [2.05, 4.69) is 46.3 Å². The Bertz CT molecular complexity index is 851. The van der Waals surface area contributed by atoms with Crippen LogP contribution in [-0.2, 0) is 16.1 Å². The number of hydrogen-bond donors (Lipinski definition) is 0. The molecule has 5 nitrogen and oxygen atoms in total. The monoisotopic (exact) mass is 379 g/mol. The summed E-state index contributed by atoms with van der Waals surface area (Å²) < 4.78 is 5.20. The van der Waals surface area contributed by atoms with Crippen LogP contribution in [0.4, 0.5) is 0 Å². The third kappa shape index (κ3) is 3.82. The van der Waals surface area contributed by atoms with Crippen LogP contribution in [0.3, 0.4) is 0 Å². The molecule has 1 amide bonds. The summed E-state index contributed by atoms with van der Waals surface area (Å²) in [6.45, 7) is 4.79. The van der Waals surface area contributed by atoms with Crippen molar-refractivity contribution in [1.82, 2.24) is 14.8 Å². The topological polar surface area (TPSA) is 45.7 Å². The van der Waals surface area contributed by atoms with Gasteiger partial charge in [0.2, 0.25) is 5.91 Å². The van der Waals surface area contributed by atoms with Crippen LogP contribution in [0.2, 0.25) is 0 Å². The molecule has 2 aromatic rings. The van der Waals surface area contributed by atoms with Crippen LogP contribution >= 0.6 is 0 Å². The van der Waals surface area contributed by atoms with E-state index < -0.39 is 0 Å². The maximum atomic E-state index is 13.3. The number of methoxy groups -OCH3 is 1. The molecule has 0 aliphatic carbocycles. The molecule has 1 spiro atoms. The highest BCUT2D eigenvalue weighted by Crippen LogP contribution is 2.39. The molecular weight excluding hydrogens is 350 g/mol.